The van der Waals surface area contributed by atoms with Crippen molar-refractivity contribution in [2.24, 2.45) is 0 Å². The summed E-state index contributed by atoms with van der Waals surface area (Å²) >= 11 is 0. The fourth-order valence-corrected chi connectivity index (χ4v) is 1.66. The highest BCUT2D eigenvalue weighted by Crippen LogP contribution is 2.31. The van der Waals surface area contributed by atoms with Crippen molar-refractivity contribution in [3.63, 3.8) is 0 Å². The zero-order valence-electron chi connectivity index (χ0n) is 10.2. The van der Waals surface area contributed by atoms with Gasteiger partial charge < -0.3 is 20.6 Å². The molecule has 0 saturated heterocycles. The first-order valence-electron chi connectivity index (χ1n) is 5.61. The summed E-state index contributed by atoms with van der Waals surface area (Å²) in [4.78, 5) is 12.0. The maximum absolute atomic E-state index is 12.0. The lowest BCUT2D eigenvalue weighted by molar-refractivity contribution is 0.102. The molecule has 0 aliphatic carbocycles. The molecule has 0 fully saturated rings. The highest BCUT2D eigenvalue weighted by molar-refractivity contribution is 6.07. The van der Waals surface area contributed by atoms with Crippen LogP contribution in [0.3, 0.4) is 0 Å². The molecule has 0 atom stereocenters. The van der Waals surface area contributed by atoms with E-state index >= 15 is 0 Å². The van der Waals surface area contributed by atoms with Gasteiger partial charge in [-0.3, -0.25) is 4.79 Å². The van der Waals surface area contributed by atoms with Gasteiger partial charge in [0, 0.05) is 0 Å². The summed E-state index contributed by atoms with van der Waals surface area (Å²) in [5.74, 6) is -1.52. The molecule has 0 heterocycles. The first-order chi connectivity index (χ1) is 9.00. The SMILES string of the molecule is Cc1cccc(NC(=O)c2cccc(O)c2O)c1O. The van der Waals surface area contributed by atoms with E-state index in [9.17, 15) is 20.1 Å². The lowest BCUT2D eigenvalue weighted by atomic mass is 10.1. The van der Waals surface area contributed by atoms with Crippen LogP contribution in [0.5, 0.6) is 17.2 Å². The van der Waals surface area contributed by atoms with Gasteiger partial charge in [-0.1, -0.05) is 18.2 Å². The summed E-state index contributed by atoms with van der Waals surface area (Å²) in [6, 6.07) is 9.03. The number of anilines is 1. The normalized spacial score (nSPS) is 10.2. The Morgan fingerprint density at radius 1 is 1.00 bits per heavy atom. The third-order valence-electron chi connectivity index (χ3n) is 2.75. The van der Waals surface area contributed by atoms with Crippen LogP contribution >= 0.6 is 0 Å². The number of hydrogen-bond donors (Lipinski definition) is 4. The molecule has 5 heteroatoms. The second kappa shape index (κ2) is 4.89. The monoisotopic (exact) mass is 259 g/mol. The van der Waals surface area contributed by atoms with E-state index < -0.39 is 11.7 Å². The zero-order chi connectivity index (χ0) is 14.0. The second-order valence-corrected chi connectivity index (χ2v) is 4.10. The molecule has 0 aliphatic rings. The molecular formula is C14H13NO4. The first kappa shape index (κ1) is 12.8. The van der Waals surface area contributed by atoms with Gasteiger partial charge in [-0.25, -0.2) is 0 Å². The average molecular weight is 259 g/mol. The summed E-state index contributed by atoms with van der Waals surface area (Å²) < 4.78 is 0. The molecule has 5 nitrogen and oxygen atoms in total. The summed E-state index contributed by atoms with van der Waals surface area (Å²) in [7, 11) is 0. The highest BCUT2D eigenvalue weighted by Gasteiger charge is 2.15. The molecule has 2 aromatic carbocycles. The molecule has 0 radical (unpaired) electrons. The van der Waals surface area contributed by atoms with Gasteiger partial charge >= 0.3 is 0 Å². The van der Waals surface area contributed by atoms with E-state index in [0.29, 0.717) is 5.56 Å². The molecule has 0 aliphatic heterocycles. The number of aryl methyl sites for hydroxylation is 1. The van der Waals surface area contributed by atoms with Crippen LogP contribution in [0.15, 0.2) is 36.4 Å². The summed E-state index contributed by atoms with van der Waals surface area (Å²) in [5.41, 5.74) is 0.798. The van der Waals surface area contributed by atoms with Crippen molar-refractivity contribution in [1.82, 2.24) is 0 Å². The highest BCUT2D eigenvalue weighted by atomic mass is 16.3. The van der Waals surface area contributed by atoms with Crippen molar-refractivity contribution in [2.75, 3.05) is 5.32 Å². The molecule has 0 saturated carbocycles. The fourth-order valence-electron chi connectivity index (χ4n) is 1.66. The summed E-state index contributed by atoms with van der Waals surface area (Å²) in [6.45, 7) is 1.71. The van der Waals surface area contributed by atoms with Gasteiger partial charge in [0.15, 0.2) is 11.5 Å². The fraction of sp³-hybridized carbons (Fsp3) is 0.0714. The van der Waals surface area contributed by atoms with Crippen LogP contribution in [0.25, 0.3) is 0 Å². The Morgan fingerprint density at radius 2 is 1.68 bits per heavy atom. The number of benzene rings is 2. The number of rotatable bonds is 2. The molecule has 0 unspecified atom stereocenters. The van der Waals surface area contributed by atoms with E-state index in [-0.39, 0.29) is 22.7 Å². The van der Waals surface area contributed by atoms with Crippen LogP contribution in [-0.2, 0) is 0 Å². The van der Waals surface area contributed by atoms with Crippen LogP contribution in [0.2, 0.25) is 0 Å². The molecule has 0 aromatic heterocycles. The third kappa shape index (κ3) is 2.44. The summed E-state index contributed by atoms with van der Waals surface area (Å²) in [6.07, 6.45) is 0. The van der Waals surface area contributed by atoms with Crippen molar-refractivity contribution >= 4 is 11.6 Å². The lowest BCUT2D eigenvalue weighted by Crippen LogP contribution is -2.12. The lowest BCUT2D eigenvalue weighted by Gasteiger charge is -2.10. The van der Waals surface area contributed by atoms with Crippen LogP contribution in [0.1, 0.15) is 15.9 Å². The van der Waals surface area contributed by atoms with Gasteiger partial charge in [-0.05, 0) is 30.7 Å². The van der Waals surface area contributed by atoms with E-state index in [0.717, 1.165) is 0 Å². The Morgan fingerprint density at radius 3 is 2.42 bits per heavy atom. The quantitative estimate of drug-likeness (QED) is 0.623. The van der Waals surface area contributed by atoms with Crippen LogP contribution in [-0.4, -0.2) is 21.2 Å². The Bertz CT molecular complexity index is 637. The van der Waals surface area contributed by atoms with Gasteiger partial charge in [0.1, 0.15) is 5.75 Å². The number of aromatic hydroxyl groups is 3. The number of nitrogens with one attached hydrogen (secondary N) is 1. The van der Waals surface area contributed by atoms with Crippen molar-refractivity contribution in [2.45, 2.75) is 6.92 Å². The van der Waals surface area contributed by atoms with E-state index in [1.807, 2.05) is 0 Å². The number of phenols is 3. The Hall–Kier alpha value is -2.69. The Balaban J connectivity index is 2.31. The van der Waals surface area contributed by atoms with E-state index in [2.05, 4.69) is 5.32 Å². The summed E-state index contributed by atoms with van der Waals surface area (Å²) in [5, 5.41) is 31.2. The van der Waals surface area contributed by atoms with Crippen molar-refractivity contribution in [3.8, 4) is 17.2 Å². The van der Waals surface area contributed by atoms with E-state index in [1.165, 1.54) is 18.2 Å². The minimum atomic E-state index is -0.616. The molecule has 2 rings (SSSR count). The topological polar surface area (TPSA) is 89.8 Å². The molecule has 0 bridgehead atoms. The predicted octanol–water partition coefficient (Wildman–Crippen LogP) is 2.36. The number of amides is 1. The van der Waals surface area contributed by atoms with Crippen molar-refractivity contribution in [1.29, 1.82) is 0 Å². The predicted molar refractivity (Wildman–Crippen MR) is 70.6 cm³/mol. The molecule has 98 valence electrons. The smallest absolute Gasteiger partial charge is 0.259 e. The van der Waals surface area contributed by atoms with Gasteiger partial charge in [-0.15, -0.1) is 0 Å². The molecule has 0 spiro atoms. The van der Waals surface area contributed by atoms with E-state index in [4.69, 9.17) is 0 Å². The largest absolute Gasteiger partial charge is 0.505 e. The van der Waals surface area contributed by atoms with Crippen molar-refractivity contribution < 1.29 is 20.1 Å². The standard InChI is InChI=1S/C14H13NO4/c1-8-4-2-6-10(12(8)17)15-14(19)9-5-3-7-11(16)13(9)18/h2-7,16-18H,1H3,(H,15,19). The maximum atomic E-state index is 12.0. The van der Waals surface area contributed by atoms with Crippen LogP contribution < -0.4 is 5.32 Å². The minimum Gasteiger partial charge on any atom is -0.505 e. The molecular weight excluding hydrogens is 246 g/mol. The molecule has 4 N–H and O–H groups in total. The van der Waals surface area contributed by atoms with Gasteiger partial charge in [-0.2, -0.15) is 0 Å². The number of hydrogen-bond acceptors (Lipinski definition) is 4. The Labute approximate surface area is 109 Å². The van der Waals surface area contributed by atoms with Gasteiger partial charge in [0.2, 0.25) is 0 Å². The first-order valence-corrected chi connectivity index (χ1v) is 5.61. The third-order valence-corrected chi connectivity index (χ3v) is 2.75. The number of para-hydroxylation sites is 2. The molecule has 2 aromatic rings. The number of carbonyl (C=O) groups excluding carboxylic acids is 1. The van der Waals surface area contributed by atoms with Crippen LogP contribution in [0, 0.1) is 6.92 Å². The van der Waals surface area contributed by atoms with E-state index in [1.54, 1.807) is 25.1 Å². The zero-order valence-corrected chi connectivity index (χ0v) is 10.2. The number of phenolic OH excluding ortho intramolecular Hbond substituents is 3. The molecule has 1 amide bonds. The Kier molecular flexibility index (Phi) is 3.29. The second-order valence-electron chi connectivity index (χ2n) is 4.10. The van der Waals surface area contributed by atoms with Gasteiger partial charge in [0.05, 0.1) is 11.3 Å². The molecule has 19 heavy (non-hydrogen) atoms. The average Bonchev–Trinajstić information content (AvgIpc) is 2.38. The minimum absolute atomic E-state index is 0.0320. The van der Waals surface area contributed by atoms with Crippen molar-refractivity contribution in [3.05, 3.63) is 47.5 Å². The van der Waals surface area contributed by atoms with Crippen LogP contribution in [0.4, 0.5) is 5.69 Å². The van der Waals surface area contributed by atoms with Gasteiger partial charge in [0.25, 0.3) is 5.91 Å². The maximum Gasteiger partial charge on any atom is 0.259 e. The number of carbonyl (C=O) groups is 1.